The molecule has 78 valence electrons. The second kappa shape index (κ2) is 3.54. The van der Waals surface area contributed by atoms with Crippen LogP contribution in [0.25, 0.3) is 10.9 Å². The van der Waals surface area contributed by atoms with E-state index in [1.165, 1.54) is 11.5 Å². The summed E-state index contributed by atoms with van der Waals surface area (Å²) < 4.78 is 1.50. The van der Waals surface area contributed by atoms with Crippen molar-refractivity contribution in [1.29, 1.82) is 0 Å². The molecule has 0 unspecified atom stereocenters. The third-order valence-electron chi connectivity index (χ3n) is 2.39. The molecule has 2 nitrogen and oxygen atoms in total. The highest BCUT2D eigenvalue weighted by molar-refractivity contribution is 6.43. The monoisotopic (exact) mass is 241 g/mol. The maximum Gasteiger partial charge on any atom is 0.227 e. The van der Waals surface area contributed by atoms with Crippen molar-refractivity contribution in [3.8, 4) is 0 Å². The molecule has 15 heavy (non-hydrogen) atoms. The zero-order valence-corrected chi connectivity index (χ0v) is 9.86. The Hall–Kier alpha value is -0.990. The maximum atomic E-state index is 11.3. The van der Waals surface area contributed by atoms with E-state index in [2.05, 4.69) is 0 Å². The number of hydrogen-bond acceptors (Lipinski definition) is 1. The maximum absolute atomic E-state index is 11.3. The topological polar surface area (TPSA) is 22.0 Å². The number of rotatable bonds is 0. The number of aromatic nitrogens is 1. The normalized spacial score (nSPS) is 10.9. The van der Waals surface area contributed by atoms with Crippen LogP contribution in [0.15, 0.2) is 18.3 Å². The first-order chi connectivity index (χ1) is 7.02. The van der Waals surface area contributed by atoms with Crippen molar-refractivity contribution in [3.63, 3.8) is 0 Å². The molecule has 1 aromatic carbocycles. The Kier molecular flexibility index (Phi) is 2.49. The number of nitrogens with zero attached hydrogens (tertiary/aromatic N) is 1. The van der Waals surface area contributed by atoms with E-state index in [-0.39, 0.29) is 5.91 Å². The molecule has 0 saturated carbocycles. The van der Waals surface area contributed by atoms with Gasteiger partial charge >= 0.3 is 0 Å². The van der Waals surface area contributed by atoms with Crippen LogP contribution in [0.3, 0.4) is 0 Å². The number of benzene rings is 1. The molecule has 4 heteroatoms. The Bertz CT molecular complexity index is 557. The van der Waals surface area contributed by atoms with Crippen molar-refractivity contribution >= 4 is 40.0 Å². The summed E-state index contributed by atoms with van der Waals surface area (Å²) in [6, 6.07) is 3.73. The number of carbonyl (C=O) groups excluding carboxylic acids is 1. The second-order valence-corrected chi connectivity index (χ2v) is 4.24. The number of halogens is 2. The zero-order valence-electron chi connectivity index (χ0n) is 8.34. The smallest absolute Gasteiger partial charge is 0.227 e. The molecular weight excluding hydrogens is 233 g/mol. The van der Waals surface area contributed by atoms with Gasteiger partial charge in [-0.3, -0.25) is 9.36 Å². The fourth-order valence-corrected chi connectivity index (χ4v) is 2.20. The van der Waals surface area contributed by atoms with Gasteiger partial charge in [0, 0.05) is 18.5 Å². The molecule has 0 aliphatic heterocycles. The van der Waals surface area contributed by atoms with Gasteiger partial charge in [0.2, 0.25) is 5.91 Å². The Morgan fingerprint density at radius 2 is 2.00 bits per heavy atom. The van der Waals surface area contributed by atoms with E-state index < -0.39 is 0 Å². The molecule has 0 aliphatic carbocycles. The van der Waals surface area contributed by atoms with Gasteiger partial charge in [0.25, 0.3) is 0 Å². The largest absolute Gasteiger partial charge is 0.286 e. The lowest BCUT2D eigenvalue weighted by Crippen LogP contribution is -2.02. The van der Waals surface area contributed by atoms with Crippen molar-refractivity contribution in [2.45, 2.75) is 13.8 Å². The highest BCUT2D eigenvalue weighted by atomic mass is 35.5. The quantitative estimate of drug-likeness (QED) is 0.686. The average molecular weight is 242 g/mol. The molecule has 1 heterocycles. The molecule has 0 fully saturated rings. The van der Waals surface area contributed by atoms with E-state index >= 15 is 0 Å². The van der Waals surface area contributed by atoms with Crippen LogP contribution in [-0.4, -0.2) is 10.5 Å². The van der Waals surface area contributed by atoms with Gasteiger partial charge in [-0.15, -0.1) is 0 Å². The van der Waals surface area contributed by atoms with Crippen molar-refractivity contribution in [2.75, 3.05) is 0 Å². The van der Waals surface area contributed by atoms with E-state index in [1.807, 2.05) is 19.1 Å². The van der Waals surface area contributed by atoms with Crippen LogP contribution in [0, 0.1) is 6.92 Å². The highest BCUT2D eigenvalue weighted by Gasteiger charge is 2.13. The van der Waals surface area contributed by atoms with Gasteiger partial charge in [0.15, 0.2) is 0 Å². The van der Waals surface area contributed by atoms with Crippen LogP contribution in [0.2, 0.25) is 10.0 Å². The first-order valence-electron chi connectivity index (χ1n) is 4.49. The van der Waals surface area contributed by atoms with Crippen molar-refractivity contribution in [1.82, 2.24) is 4.57 Å². The molecule has 0 spiro atoms. The van der Waals surface area contributed by atoms with Gasteiger partial charge in [-0.25, -0.2) is 0 Å². The predicted octanol–water partition coefficient (Wildman–Crippen LogP) is 3.92. The number of aryl methyl sites for hydroxylation is 1. The summed E-state index contributed by atoms with van der Waals surface area (Å²) >= 11 is 12.2. The molecule has 0 saturated heterocycles. The van der Waals surface area contributed by atoms with E-state index in [9.17, 15) is 4.79 Å². The number of carbonyl (C=O) groups is 1. The lowest BCUT2D eigenvalue weighted by Gasteiger charge is -2.02. The molecule has 0 N–H and O–H groups in total. The van der Waals surface area contributed by atoms with Crippen molar-refractivity contribution < 1.29 is 4.79 Å². The highest BCUT2D eigenvalue weighted by Crippen LogP contribution is 2.34. The minimum absolute atomic E-state index is 0.0770. The summed E-state index contributed by atoms with van der Waals surface area (Å²) in [4.78, 5) is 11.3. The summed E-state index contributed by atoms with van der Waals surface area (Å²) in [5.41, 5.74) is 1.70. The lowest BCUT2D eigenvalue weighted by molar-refractivity contribution is 0.0941. The molecule has 0 atom stereocenters. The fourth-order valence-electron chi connectivity index (χ4n) is 1.61. The minimum Gasteiger partial charge on any atom is -0.286 e. The lowest BCUT2D eigenvalue weighted by atomic mass is 10.2. The van der Waals surface area contributed by atoms with Crippen molar-refractivity contribution in [3.05, 3.63) is 33.9 Å². The average Bonchev–Trinajstić information content (AvgIpc) is 2.50. The van der Waals surface area contributed by atoms with Gasteiger partial charge in [-0.2, -0.15) is 0 Å². The van der Waals surface area contributed by atoms with E-state index in [0.29, 0.717) is 10.0 Å². The summed E-state index contributed by atoms with van der Waals surface area (Å²) in [6.07, 6.45) is 1.60. The number of fused-ring (bicyclic) bond motifs is 1. The second-order valence-electron chi connectivity index (χ2n) is 3.46. The fraction of sp³-hybridized carbons (Fsp3) is 0.182. The minimum atomic E-state index is -0.0770. The van der Waals surface area contributed by atoms with Gasteiger partial charge in [-0.05, 0) is 18.6 Å². The Labute approximate surface area is 97.4 Å². The SMILES string of the molecule is CC(=O)n1cc(Cl)c2c(Cl)c(C)ccc21. The van der Waals surface area contributed by atoms with E-state index in [4.69, 9.17) is 23.2 Å². The first kappa shape index (κ1) is 10.5. The van der Waals surface area contributed by atoms with E-state index in [1.54, 1.807) is 6.20 Å². The number of hydrogen-bond donors (Lipinski definition) is 0. The molecule has 1 aromatic heterocycles. The standard InChI is InChI=1S/C11H9Cl2NO/c1-6-3-4-9-10(11(6)13)8(12)5-14(9)7(2)15/h3-5H,1-2H3. The van der Waals surface area contributed by atoms with Crippen LogP contribution < -0.4 is 0 Å². The predicted molar refractivity (Wildman–Crippen MR) is 63.0 cm³/mol. The van der Waals surface area contributed by atoms with E-state index in [0.717, 1.165) is 16.5 Å². The summed E-state index contributed by atoms with van der Waals surface area (Å²) in [6.45, 7) is 3.40. The van der Waals surface area contributed by atoms with Gasteiger partial charge < -0.3 is 0 Å². The zero-order chi connectivity index (χ0) is 11.2. The Morgan fingerprint density at radius 3 is 2.60 bits per heavy atom. The van der Waals surface area contributed by atoms with Crippen LogP contribution >= 0.6 is 23.2 Å². The molecule has 0 amide bonds. The summed E-state index contributed by atoms with van der Waals surface area (Å²) in [7, 11) is 0. The van der Waals surface area contributed by atoms with Gasteiger partial charge in [0.1, 0.15) is 0 Å². The van der Waals surface area contributed by atoms with Crippen LogP contribution in [-0.2, 0) is 0 Å². The third-order valence-corrected chi connectivity index (χ3v) is 3.17. The van der Waals surface area contributed by atoms with Crippen LogP contribution in [0.1, 0.15) is 17.3 Å². The Balaban J connectivity index is 2.92. The van der Waals surface area contributed by atoms with Crippen molar-refractivity contribution in [2.24, 2.45) is 0 Å². The Morgan fingerprint density at radius 1 is 1.33 bits per heavy atom. The molecule has 0 bridgehead atoms. The summed E-state index contributed by atoms with van der Waals surface area (Å²) in [5, 5.41) is 1.86. The molecule has 2 aromatic rings. The van der Waals surface area contributed by atoms with Crippen LogP contribution in [0.5, 0.6) is 0 Å². The molecule has 0 aliphatic rings. The van der Waals surface area contributed by atoms with Crippen LogP contribution in [0.4, 0.5) is 0 Å². The van der Waals surface area contributed by atoms with Gasteiger partial charge in [0.05, 0.1) is 15.6 Å². The first-order valence-corrected chi connectivity index (χ1v) is 5.24. The summed E-state index contributed by atoms with van der Waals surface area (Å²) in [5.74, 6) is -0.0770. The molecule has 2 rings (SSSR count). The molecule has 0 radical (unpaired) electrons. The van der Waals surface area contributed by atoms with Gasteiger partial charge in [-0.1, -0.05) is 29.3 Å². The molecular formula is C11H9Cl2NO. The third kappa shape index (κ3) is 1.54.